The van der Waals surface area contributed by atoms with Crippen molar-refractivity contribution in [3.05, 3.63) is 0 Å². The Morgan fingerprint density at radius 1 is 1.38 bits per heavy atom. The average Bonchev–Trinajstić information content (AvgIpc) is 2.84. The number of nitrogens with two attached hydrogens (primary N) is 1. The first-order valence-electron chi connectivity index (χ1n) is 6.64. The molecule has 0 aromatic heterocycles. The van der Waals surface area contributed by atoms with Crippen molar-refractivity contribution in [1.29, 1.82) is 0 Å². The molecule has 2 rings (SSSR count). The highest BCUT2D eigenvalue weighted by molar-refractivity contribution is 5.00. The second-order valence-electron chi connectivity index (χ2n) is 5.82. The van der Waals surface area contributed by atoms with E-state index >= 15 is 0 Å². The fourth-order valence-electron chi connectivity index (χ4n) is 3.60. The summed E-state index contributed by atoms with van der Waals surface area (Å²) in [6, 6.07) is 0.564. The SMILES string of the molecule is CC1CCC(CN)(N(C)C2CCOC2C)C1. The first-order chi connectivity index (χ1) is 7.59. The van der Waals surface area contributed by atoms with Crippen molar-refractivity contribution in [3.63, 3.8) is 0 Å². The summed E-state index contributed by atoms with van der Waals surface area (Å²) in [5, 5.41) is 0. The minimum absolute atomic E-state index is 0.242. The molecule has 94 valence electrons. The number of likely N-dealkylation sites (N-methyl/N-ethyl adjacent to an activating group) is 1. The maximum Gasteiger partial charge on any atom is 0.0703 e. The molecule has 2 fully saturated rings. The molecule has 1 saturated carbocycles. The highest BCUT2D eigenvalue weighted by Gasteiger charge is 2.44. The van der Waals surface area contributed by atoms with E-state index in [0.717, 1.165) is 25.5 Å². The van der Waals surface area contributed by atoms with Crippen molar-refractivity contribution in [2.75, 3.05) is 20.2 Å². The van der Waals surface area contributed by atoms with Crippen molar-refractivity contribution < 1.29 is 4.74 Å². The first kappa shape index (κ1) is 12.3. The lowest BCUT2D eigenvalue weighted by molar-refractivity contribution is 0.0293. The lowest BCUT2D eigenvalue weighted by Crippen LogP contribution is -2.56. The van der Waals surface area contributed by atoms with E-state index in [-0.39, 0.29) is 5.54 Å². The normalized spacial score (nSPS) is 44.4. The molecule has 0 aromatic rings. The van der Waals surface area contributed by atoms with Gasteiger partial charge < -0.3 is 10.5 Å². The maximum atomic E-state index is 6.06. The van der Waals surface area contributed by atoms with Gasteiger partial charge in [0, 0.05) is 24.7 Å². The molecule has 0 bridgehead atoms. The minimum Gasteiger partial charge on any atom is -0.377 e. The van der Waals surface area contributed by atoms with E-state index in [1.165, 1.54) is 19.3 Å². The van der Waals surface area contributed by atoms with E-state index in [4.69, 9.17) is 10.5 Å². The van der Waals surface area contributed by atoms with Crippen LogP contribution in [-0.4, -0.2) is 42.8 Å². The largest absolute Gasteiger partial charge is 0.377 e. The van der Waals surface area contributed by atoms with Gasteiger partial charge in [0.25, 0.3) is 0 Å². The van der Waals surface area contributed by atoms with Gasteiger partial charge in [-0.25, -0.2) is 0 Å². The molecule has 0 aromatic carbocycles. The number of hydrogen-bond donors (Lipinski definition) is 1. The Labute approximate surface area is 99.3 Å². The van der Waals surface area contributed by atoms with E-state index in [1.54, 1.807) is 0 Å². The van der Waals surface area contributed by atoms with E-state index in [1.807, 2.05) is 0 Å². The molecular formula is C13H26N2O. The molecule has 1 saturated heterocycles. The highest BCUT2D eigenvalue weighted by atomic mass is 16.5. The second kappa shape index (κ2) is 4.63. The van der Waals surface area contributed by atoms with Gasteiger partial charge in [-0.2, -0.15) is 0 Å². The predicted molar refractivity (Wildman–Crippen MR) is 66.4 cm³/mol. The van der Waals surface area contributed by atoms with Crippen LogP contribution in [0.15, 0.2) is 0 Å². The van der Waals surface area contributed by atoms with Crippen LogP contribution in [0.3, 0.4) is 0 Å². The summed E-state index contributed by atoms with van der Waals surface area (Å²) in [6.07, 6.45) is 5.36. The van der Waals surface area contributed by atoms with E-state index in [9.17, 15) is 0 Å². The Morgan fingerprint density at radius 3 is 2.56 bits per heavy atom. The number of ether oxygens (including phenoxy) is 1. The molecule has 4 unspecified atom stereocenters. The molecular weight excluding hydrogens is 200 g/mol. The average molecular weight is 226 g/mol. The minimum atomic E-state index is 0.242. The van der Waals surface area contributed by atoms with Crippen LogP contribution in [-0.2, 0) is 4.74 Å². The van der Waals surface area contributed by atoms with E-state index < -0.39 is 0 Å². The molecule has 3 nitrogen and oxygen atoms in total. The number of hydrogen-bond acceptors (Lipinski definition) is 3. The Hall–Kier alpha value is -0.120. The van der Waals surface area contributed by atoms with Gasteiger partial charge in [0.05, 0.1) is 6.10 Å². The predicted octanol–water partition coefficient (Wildman–Crippen LogP) is 1.61. The third-order valence-corrected chi connectivity index (χ3v) is 4.79. The van der Waals surface area contributed by atoms with Crippen molar-refractivity contribution in [2.45, 2.75) is 57.2 Å². The van der Waals surface area contributed by atoms with Crippen LogP contribution in [0.4, 0.5) is 0 Å². The van der Waals surface area contributed by atoms with Gasteiger partial charge in [-0.1, -0.05) is 6.92 Å². The van der Waals surface area contributed by atoms with Gasteiger partial charge in [-0.3, -0.25) is 4.90 Å². The fraction of sp³-hybridized carbons (Fsp3) is 1.00. The molecule has 16 heavy (non-hydrogen) atoms. The Bertz CT molecular complexity index is 246. The second-order valence-corrected chi connectivity index (χ2v) is 5.82. The van der Waals surface area contributed by atoms with Crippen LogP contribution in [0.25, 0.3) is 0 Å². The molecule has 3 heteroatoms. The van der Waals surface area contributed by atoms with E-state index in [0.29, 0.717) is 12.1 Å². The molecule has 1 aliphatic heterocycles. The quantitative estimate of drug-likeness (QED) is 0.794. The summed E-state index contributed by atoms with van der Waals surface area (Å²) in [5.74, 6) is 0.823. The van der Waals surface area contributed by atoms with Gasteiger partial charge in [0.15, 0.2) is 0 Å². The zero-order chi connectivity index (χ0) is 11.8. The Kier molecular flexibility index (Phi) is 3.57. The molecule has 0 spiro atoms. The highest BCUT2D eigenvalue weighted by Crippen LogP contribution is 2.40. The summed E-state index contributed by atoms with van der Waals surface area (Å²) >= 11 is 0. The third-order valence-electron chi connectivity index (χ3n) is 4.79. The summed E-state index contributed by atoms with van der Waals surface area (Å²) < 4.78 is 5.68. The lowest BCUT2D eigenvalue weighted by Gasteiger charge is -2.43. The molecule has 2 aliphatic rings. The third kappa shape index (κ3) is 2.01. The van der Waals surface area contributed by atoms with Crippen LogP contribution in [0.5, 0.6) is 0 Å². The number of nitrogens with zero attached hydrogens (tertiary/aromatic N) is 1. The van der Waals surface area contributed by atoms with Crippen molar-refractivity contribution in [1.82, 2.24) is 4.90 Å². The van der Waals surface area contributed by atoms with Crippen LogP contribution >= 0.6 is 0 Å². The van der Waals surface area contributed by atoms with Gasteiger partial charge in [0.2, 0.25) is 0 Å². The molecule has 2 N–H and O–H groups in total. The van der Waals surface area contributed by atoms with Crippen LogP contribution in [0.1, 0.15) is 39.5 Å². The summed E-state index contributed by atoms with van der Waals surface area (Å²) in [7, 11) is 2.25. The topological polar surface area (TPSA) is 38.5 Å². The molecule has 0 radical (unpaired) electrons. The first-order valence-corrected chi connectivity index (χ1v) is 6.64. The Morgan fingerprint density at radius 2 is 2.12 bits per heavy atom. The van der Waals surface area contributed by atoms with Crippen molar-refractivity contribution in [2.24, 2.45) is 11.7 Å². The monoisotopic (exact) mass is 226 g/mol. The maximum absolute atomic E-state index is 6.06. The van der Waals surface area contributed by atoms with Gasteiger partial charge in [0.1, 0.15) is 0 Å². The number of rotatable bonds is 3. The molecule has 4 atom stereocenters. The lowest BCUT2D eigenvalue weighted by atomic mass is 9.91. The fourth-order valence-corrected chi connectivity index (χ4v) is 3.60. The zero-order valence-electron chi connectivity index (χ0n) is 10.9. The molecule has 0 amide bonds. The van der Waals surface area contributed by atoms with Crippen molar-refractivity contribution in [3.8, 4) is 0 Å². The summed E-state index contributed by atoms with van der Waals surface area (Å²) in [4.78, 5) is 2.54. The van der Waals surface area contributed by atoms with Crippen LogP contribution in [0, 0.1) is 5.92 Å². The zero-order valence-corrected chi connectivity index (χ0v) is 10.9. The standard InChI is InChI=1S/C13H26N2O/c1-10-4-6-13(8-10,9-14)15(3)12-5-7-16-11(12)2/h10-12H,4-9,14H2,1-3H3. The van der Waals surface area contributed by atoms with E-state index in [2.05, 4.69) is 25.8 Å². The van der Waals surface area contributed by atoms with Crippen LogP contribution in [0.2, 0.25) is 0 Å². The van der Waals surface area contributed by atoms with Gasteiger partial charge in [-0.15, -0.1) is 0 Å². The van der Waals surface area contributed by atoms with Crippen LogP contribution < -0.4 is 5.73 Å². The Balaban J connectivity index is 2.09. The summed E-state index contributed by atoms with van der Waals surface area (Å²) in [5.41, 5.74) is 6.30. The molecule has 1 heterocycles. The van der Waals surface area contributed by atoms with Gasteiger partial charge in [-0.05, 0) is 45.6 Å². The summed E-state index contributed by atoms with van der Waals surface area (Å²) in [6.45, 7) is 6.24. The van der Waals surface area contributed by atoms with Gasteiger partial charge >= 0.3 is 0 Å². The molecule has 1 aliphatic carbocycles. The van der Waals surface area contributed by atoms with Crippen molar-refractivity contribution >= 4 is 0 Å². The smallest absolute Gasteiger partial charge is 0.0703 e.